The van der Waals surface area contributed by atoms with Gasteiger partial charge in [-0.15, -0.1) is 0 Å². The molecule has 0 radical (unpaired) electrons. The van der Waals surface area contributed by atoms with Gasteiger partial charge in [0.05, 0.1) is 5.52 Å². The zero-order valence-electron chi connectivity index (χ0n) is 12.5. The first-order chi connectivity index (χ1) is 10.7. The van der Waals surface area contributed by atoms with Crippen LogP contribution in [0.1, 0.15) is 30.4 Å². The Hall–Kier alpha value is -3.16. The summed E-state index contributed by atoms with van der Waals surface area (Å²) in [5.74, 6) is -3.49. The van der Waals surface area contributed by atoms with Crippen LogP contribution in [-0.4, -0.2) is 43.0 Å². The van der Waals surface area contributed by atoms with E-state index in [0.717, 1.165) is 5.52 Å². The number of carboxylic acid groups (broad SMARTS) is 3. The van der Waals surface area contributed by atoms with Crippen molar-refractivity contribution in [3.63, 3.8) is 0 Å². The molecule has 0 fully saturated rings. The lowest BCUT2D eigenvalue weighted by Gasteiger charge is -2.05. The number of carboxylic acids is 3. The van der Waals surface area contributed by atoms with Crippen molar-refractivity contribution in [1.82, 2.24) is 9.78 Å². The van der Waals surface area contributed by atoms with Gasteiger partial charge < -0.3 is 15.3 Å². The normalized spacial score (nSPS) is 10.6. The van der Waals surface area contributed by atoms with Gasteiger partial charge in [0.2, 0.25) is 0 Å². The molecule has 0 atom stereocenters. The molecule has 0 unspecified atom stereocenters. The van der Waals surface area contributed by atoms with Gasteiger partial charge >= 0.3 is 17.9 Å². The van der Waals surface area contributed by atoms with Crippen LogP contribution in [0.4, 0.5) is 0 Å². The Morgan fingerprint density at radius 2 is 1.57 bits per heavy atom. The molecule has 0 saturated carbocycles. The van der Waals surface area contributed by atoms with Gasteiger partial charge in [0.1, 0.15) is 0 Å². The molecule has 122 valence electrons. The van der Waals surface area contributed by atoms with E-state index in [1.807, 2.05) is 32.0 Å². The summed E-state index contributed by atoms with van der Waals surface area (Å²) in [6, 6.07) is 7.53. The fraction of sp³-hybridized carbons (Fsp3) is 0.200. The molecule has 0 amide bonds. The van der Waals surface area contributed by atoms with E-state index in [4.69, 9.17) is 15.3 Å². The molecular formula is C15H16N2O6. The Balaban J connectivity index is 0.000000284. The first-order valence-electron chi connectivity index (χ1n) is 6.58. The highest BCUT2D eigenvalue weighted by Crippen LogP contribution is 2.21. The van der Waals surface area contributed by atoms with Gasteiger partial charge in [0.15, 0.2) is 5.69 Å². The van der Waals surface area contributed by atoms with Crippen LogP contribution in [-0.2, 0) is 9.59 Å². The average molecular weight is 320 g/mol. The van der Waals surface area contributed by atoms with Crippen molar-refractivity contribution in [2.45, 2.75) is 19.9 Å². The summed E-state index contributed by atoms with van der Waals surface area (Å²) < 4.78 is 1.73. The van der Waals surface area contributed by atoms with Crippen LogP contribution in [0, 0.1) is 0 Å². The minimum atomic E-state index is -1.26. The maximum absolute atomic E-state index is 11.0. The van der Waals surface area contributed by atoms with Crippen LogP contribution < -0.4 is 0 Å². The Kier molecular flexibility index (Phi) is 6.02. The number of para-hydroxylation sites is 1. The molecule has 1 aromatic carbocycles. The van der Waals surface area contributed by atoms with E-state index in [1.165, 1.54) is 0 Å². The smallest absolute Gasteiger partial charge is 0.357 e. The maximum Gasteiger partial charge on any atom is 0.357 e. The first kappa shape index (κ1) is 17.9. The number of benzene rings is 1. The fourth-order valence-electron chi connectivity index (χ4n) is 1.78. The number of fused-ring (bicyclic) bond motifs is 1. The molecule has 8 heteroatoms. The second-order valence-electron chi connectivity index (χ2n) is 4.72. The van der Waals surface area contributed by atoms with E-state index in [9.17, 15) is 14.4 Å². The molecule has 2 aromatic rings. The van der Waals surface area contributed by atoms with Crippen LogP contribution in [0.25, 0.3) is 10.9 Å². The summed E-state index contributed by atoms with van der Waals surface area (Å²) in [6.45, 7) is 3.95. The minimum Gasteiger partial charge on any atom is -0.478 e. The minimum absolute atomic E-state index is 0.124. The van der Waals surface area contributed by atoms with Crippen molar-refractivity contribution < 1.29 is 29.7 Å². The van der Waals surface area contributed by atoms with E-state index in [0.29, 0.717) is 17.5 Å². The van der Waals surface area contributed by atoms with Crippen molar-refractivity contribution in [2.24, 2.45) is 0 Å². The topological polar surface area (TPSA) is 130 Å². The standard InChI is InChI=1S/C11H12N2O2.C4H4O4/c1-7(2)13-9-6-4-3-5-8(9)10(12-13)11(14)15;5-3(6)1-2-4(7)8/h3-7H,1-2H3,(H,14,15);1-2H,(H,5,6)(H,7,8)/b;2-1+. The zero-order valence-corrected chi connectivity index (χ0v) is 12.5. The molecule has 3 N–H and O–H groups in total. The third-order valence-corrected chi connectivity index (χ3v) is 2.67. The molecule has 8 nitrogen and oxygen atoms in total. The van der Waals surface area contributed by atoms with Crippen LogP contribution in [0.5, 0.6) is 0 Å². The number of rotatable bonds is 4. The molecule has 0 bridgehead atoms. The number of aromatic carboxylic acids is 1. The Labute approximate surface area is 131 Å². The lowest BCUT2D eigenvalue weighted by molar-refractivity contribution is -0.134. The molecule has 0 aliphatic heterocycles. The van der Waals surface area contributed by atoms with E-state index in [1.54, 1.807) is 10.7 Å². The second kappa shape index (κ2) is 7.74. The van der Waals surface area contributed by atoms with Gasteiger partial charge in [-0.05, 0) is 19.9 Å². The Bertz CT molecular complexity index is 744. The van der Waals surface area contributed by atoms with E-state index in [2.05, 4.69) is 5.10 Å². The van der Waals surface area contributed by atoms with Crippen molar-refractivity contribution >= 4 is 28.8 Å². The molecule has 2 rings (SSSR count). The number of nitrogens with zero attached hydrogens (tertiary/aromatic N) is 2. The quantitative estimate of drug-likeness (QED) is 0.735. The zero-order chi connectivity index (χ0) is 17.6. The summed E-state index contributed by atoms with van der Waals surface area (Å²) in [6.07, 6.45) is 1.12. The first-order valence-corrected chi connectivity index (χ1v) is 6.58. The highest BCUT2D eigenvalue weighted by molar-refractivity contribution is 6.01. The highest BCUT2D eigenvalue weighted by atomic mass is 16.4. The Morgan fingerprint density at radius 3 is 2.00 bits per heavy atom. The van der Waals surface area contributed by atoms with E-state index >= 15 is 0 Å². The van der Waals surface area contributed by atoms with Crippen molar-refractivity contribution in [3.05, 3.63) is 42.1 Å². The van der Waals surface area contributed by atoms with Crippen molar-refractivity contribution in [1.29, 1.82) is 0 Å². The maximum atomic E-state index is 11.0. The van der Waals surface area contributed by atoms with Crippen LogP contribution >= 0.6 is 0 Å². The summed E-state index contributed by atoms with van der Waals surface area (Å²) in [4.78, 5) is 30.1. The molecule has 0 spiro atoms. The largest absolute Gasteiger partial charge is 0.478 e. The van der Waals surface area contributed by atoms with Crippen molar-refractivity contribution in [2.75, 3.05) is 0 Å². The molecule has 1 aromatic heterocycles. The van der Waals surface area contributed by atoms with Gasteiger partial charge in [-0.25, -0.2) is 14.4 Å². The lowest BCUT2D eigenvalue weighted by atomic mass is 10.2. The molecule has 1 heterocycles. The second-order valence-corrected chi connectivity index (χ2v) is 4.72. The van der Waals surface area contributed by atoms with Gasteiger partial charge in [0, 0.05) is 23.6 Å². The summed E-state index contributed by atoms with van der Waals surface area (Å²) >= 11 is 0. The monoisotopic (exact) mass is 320 g/mol. The SMILES string of the molecule is CC(C)n1nc(C(=O)O)c2ccccc21.O=C(O)/C=C/C(=O)O. The fourth-order valence-corrected chi connectivity index (χ4v) is 1.78. The third-order valence-electron chi connectivity index (χ3n) is 2.67. The number of hydrogen-bond acceptors (Lipinski definition) is 4. The van der Waals surface area contributed by atoms with E-state index in [-0.39, 0.29) is 11.7 Å². The van der Waals surface area contributed by atoms with E-state index < -0.39 is 17.9 Å². The summed E-state index contributed by atoms with van der Waals surface area (Å²) in [5, 5.41) is 29.4. The summed E-state index contributed by atoms with van der Waals surface area (Å²) in [7, 11) is 0. The third kappa shape index (κ3) is 4.95. The predicted molar refractivity (Wildman–Crippen MR) is 81.5 cm³/mol. The molecule has 0 aliphatic carbocycles. The molecule has 23 heavy (non-hydrogen) atoms. The summed E-state index contributed by atoms with van der Waals surface area (Å²) in [5.41, 5.74) is 0.990. The lowest BCUT2D eigenvalue weighted by Crippen LogP contribution is -2.05. The van der Waals surface area contributed by atoms with Crippen LogP contribution in [0.15, 0.2) is 36.4 Å². The molecule has 0 saturated heterocycles. The molecule has 0 aliphatic rings. The number of carbonyl (C=O) groups is 3. The van der Waals surface area contributed by atoms with Gasteiger partial charge in [-0.1, -0.05) is 18.2 Å². The van der Waals surface area contributed by atoms with Gasteiger partial charge in [0.25, 0.3) is 0 Å². The van der Waals surface area contributed by atoms with Gasteiger partial charge in [-0.2, -0.15) is 5.10 Å². The van der Waals surface area contributed by atoms with Gasteiger partial charge in [-0.3, -0.25) is 4.68 Å². The number of aliphatic carboxylic acids is 2. The predicted octanol–water partition coefficient (Wildman–Crippen LogP) is 2.03. The Morgan fingerprint density at radius 1 is 1.04 bits per heavy atom. The van der Waals surface area contributed by atoms with Crippen LogP contribution in [0.3, 0.4) is 0 Å². The highest BCUT2D eigenvalue weighted by Gasteiger charge is 2.16. The molecular weight excluding hydrogens is 304 g/mol. The number of hydrogen-bond donors (Lipinski definition) is 3. The average Bonchev–Trinajstić information content (AvgIpc) is 2.86. The van der Waals surface area contributed by atoms with Crippen molar-refractivity contribution in [3.8, 4) is 0 Å². The van der Waals surface area contributed by atoms with Crippen LogP contribution in [0.2, 0.25) is 0 Å². The number of aromatic nitrogens is 2.